The SMILES string of the molecule is Cc1nc(C)c(CN2CCO[C@]3(CO[C@@H](C(=O)NCCCn4ccnc4)C3)C2)s1. The largest absolute Gasteiger partial charge is 0.370 e. The maximum absolute atomic E-state index is 12.5. The summed E-state index contributed by atoms with van der Waals surface area (Å²) in [5, 5.41) is 4.10. The van der Waals surface area contributed by atoms with Crippen LogP contribution in [0.1, 0.15) is 28.4 Å². The molecule has 8 nitrogen and oxygen atoms in total. The van der Waals surface area contributed by atoms with Crippen molar-refractivity contribution < 1.29 is 14.3 Å². The van der Waals surface area contributed by atoms with Crippen molar-refractivity contribution in [3.8, 4) is 0 Å². The fraction of sp³-hybridized carbons (Fsp3) is 0.650. The van der Waals surface area contributed by atoms with Gasteiger partial charge in [0.1, 0.15) is 11.7 Å². The number of aromatic nitrogens is 3. The van der Waals surface area contributed by atoms with Crippen LogP contribution in [-0.4, -0.2) is 69.9 Å². The zero-order chi connectivity index (χ0) is 20.3. The lowest BCUT2D eigenvalue weighted by Gasteiger charge is -2.39. The molecule has 0 radical (unpaired) electrons. The molecule has 2 aliphatic rings. The van der Waals surface area contributed by atoms with Crippen molar-refractivity contribution in [1.29, 1.82) is 0 Å². The van der Waals surface area contributed by atoms with Gasteiger partial charge in [-0.3, -0.25) is 9.69 Å². The van der Waals surface area contributed by atoms with Gasteiger partial charge in [-0.15, -0.1) is 11.3 Å². The Labute approximate surface area is 175 Å². The van der Waals surface area contributed by atoms with Crippen molar-refractivity contribution in [3.05, 3.63) is 34.3 Å². The molecule has 2 aliphatic heterocycles. The van der Waals surface area contributed by atoms with Crippen molar-refractivity contribution >= 4 is 17.2 Å². The first-order chi connectivity index (χ1) is 14.0. The summed E-state index contributed by atoms with van der Waals surface area (Å²) >= 11 is 1.76. The molecule has 4 heterocycles. The Kier molecular flexibility index (Phi) is 6.29. The molecule has 1 N–H and O–H groups in total. The predicted octanol–water partition coefficient (Wildman–Crippen LogP) is 1.52. The van der Waals surface area contributed by atoms with Crippen molar-refractivity contribution in [2.45, 2.75) is 51.5 Å². The van der Waals surface area contributed by atoms with Crippen molar-refractivity contribution in [2.24, 2.45) is 0 Å². The van der Waals surface area contributed by atoms with E-state index in [1.54, 1.807) is 23.9 Å². The summed E-state index contributed by atoms with van der Waals surface area (Å²) in [5.41, 5.74) is 0.730. The Morgan fingerprint density at radius 2 is 2.34 bits per heavy atom. The zero-order valence-corrected chi connectivity index (χ0v) is 17.9. The maximum Gasteiger partial charge on any atom is 0.249 e. The highest BCUT2D eigenvalue weighted by atomic mass is 32.1. The van der Waals surface area contributed by atoms with Crippen LogP contribution >= 0.6 is 11.3 Å². The third kappa shape index (κ3) is 5.03. The molecule has 9 heteroatoms. The molecule has 29 heavy (non-hydrogen) atoms. The highest BCUT2D eigenvalue weighted by Crippen LogP contribution is 2.32. The normalized spacial score (nSPS) is 25.0. The number of nitrogens with one attached hydrogen (secondary N) is 1. The van der Waals surface area contributed by atoms with Crippen molar-refractivity contribution in [3.63, 3.8) is 0 Å². The van der Waals surface area contributed by atoms with Gasteiger partial charge in [-0.05, 0) is 20.3 Å². The van der Waals surface area contributed by atoms with E-state index in [-0.39, 0.29) is 11.5 Å². The Hall–Kier alpha value is -1.81. The second kappa shape index (κ2) is 8.91. The van der Waals surface area contributed by atoms with Gasteiger partial charge in [0, 0.05) is 56.4 Å². The number of carbonyl (C=O) groups is 1. The van der Waals surface area contributed by atoms with Crippen LogP contribution in [0.4, 0.5) is 0 Å². The lowest BCUT2D eigenvalue weighted by molar-refractivity contribution is -0.130. The first-order valence-corrected chi connectivity index (χ1v) is 11.0. The van der Waals surface area contributed by atoms with Crippen molar-refractivity contribution in [1.82, 2.24) is 24.8 Å². The first-order valence-electron chi connectivity index (χ1n) is 10.2. The lowest BCUT2D eigenvalue weighted by Crippen LogP contribution is -2.52. The van der Waals surface area contributed by atoms with Crippen LogP contribution in [0.5, 0.6) is 0 Å². The number of carbonyl (C=O) groups excluding carboxylic acids is 1. The molecule has 2 saturated heterocycles. The average molecular weight is 420 g/mol. The zero-order valence-electron chi connectivity index (χ0n) is 17.1. The van der Waals surface area contributed by atoms with Gasteiger partial charge in [0.2, 0.25) is 5.91 Å². The number of rotatable bonds is 7. The molecule has 0 aromatic carbocycles. The molecule has 1 spiro atoms. The smallest absolute Gasteiger partial charge is 0.249 e. The molecular formula is C20H29N5O3S. The predicted molar refractivity (Wildman–Crippen MR) is 110 cm³/mol. The number of aryl methyl sites for hydroxylation is 3. The van der Waals surface area contributed by atoms with Gasteiger partial charge in [0.15, 0.2) is 0 Å². The third-order valence-electron chi connectivity index (χ3n) is 5.54. The molecule has 0 aliphatic carbocycles. The summed E-state index contributed by atoms with van der Waals surface area (Å²) in [7, 11) is 0. The summed E-state index contributed by atoms with van der Waals surface area (Å²) in [6.07, 6.45) is 6.50. The molecule has 158 valence electrons. The second-order valence-electron chi connectivity index (χ2n) is 7.93. The number of morpholine rings is 1. The van der Waals surface area contributed by atoms with Gasteiger partial charge >= 0.3 is 0 Å². The van der Waals surface area contributed by atoms with E-state index < -0.39 is 6.10 Å². The summed E-state index contributed by atoms with van der Waals surface area (Å²) in [4.78, 5) is 24.8. The van der Waals surface area contributed by atoms with Gasteiger partial charge < -0.3 is 19.4 Å². The number of imidazole rings is 1. The van der Waals surface area contributed by atoms with E-state index in [2.05, 4.69) is 27.1 Å². The van der Waals surface area contributed by atoms with Crippen LogP contribution in [0, 0.1) is 13.8 Å². The molecule has 1 amide bonds. The van der Waals surface area contributed by atoms with Gasteiger partial charge in [-0.25, -0.2) is 9.97 Å². The van der Waals surface area contributed by atoms with Gasteiger partial charge in [-0.1, -0.05) is 0 Å². The number of hydrogen-bond donors (Lipinski definition) is 1. The minimum absolute atomic E-state index is 0.0397. The molecule has 2 fully saturated rings. The van der Waals surface area contributed by atoms with E-state index in [0.29, 0.717) is 26.2 Å². The molecule has 0 saturated carbocycles. The highest BCUT2D eigenvalue weighted by molar-refractivity contribution is 7.11. The first kappa shape index (κ1) is 20.5. The van der Waals surface area contributed by atoms with Gasteiger partial charge in [-0.2, -0.15) is 0 Å². The molecular weight excluding hydrogens is 390 g/mol. The molecule has 0 bridgehead atoms. The number of hydrogen-bond acceptors (Lipinski definition) is 7. The maximum atomic E-state index is 12.5. The standard InChI is InChI=1S/C20H29N5O3S/c1-15-18(29-16(2)23-15)11-25-8-9-28-20(12-25)10-17(27-13-20)19(26)22-4-3-6-24-7-5-21-14-24/h5,7,14,17H,3-4,6,8-13H2,1-2H3,(H,22,26)/t17-,20+/m1/s1. The monoisotopic (exact) mass is 419 g/mol. The fourth-order valence-electron chi connectivity index (χ4n) is 4.08. The summed E-state index contributed by atoms with van der Waals surface area (Å²) in [6.45, 7) is 9.28. The van der Waals surface area contributed by atoms with Gasteiger partial charge in [0.25, 0.3) is 0 Å². The van der Waals surface area contributed by atoms with Crippen LogP contribution in [0.15, 0.2) is 18.7 Å². The minimum Gasteiger partial charge on any atom is -0.370 e. The summed E-state index contributed by atoms with van der Waals surface area (Å²) in [5.74, 6) is -0.0397. The van der Waals surface area contributed by atoms with Crippen LogP contribution in [-0.2, 0) is 27.4 Å². The molecule has 4 rings (SSSR count). The van der Waals surface area contributed by atoms with E-state index in [1.165, 1.54) is 4.88 Å². The summed E-state index contributed by atoms with van der Waals surface area (Å²) < 4.78 is 14.0. The van der Waals surface area contributed by atoms with Crippen LogP contribution in [0.2, 0.25) is 0 Å². The van der Waals surface area contributed by atoms with E-state index in [0.717, 1.165) is 43.3 Å². The van der Waals surface area contributed by atoms with Gasteiger partial charge in [0.05, 0.1) is 30.2 Å². The molecule has 2 aromatic rings. The van der Waals surface area contributed by atoms with E-state index in [9.17, 15) is 4.79 Å². The van der Waals surface area contributed by atoms with E-state index in [4.69, 9.17) is 9.47 Å². The number of ether oxygens (including phenoxy) is 2. The van der Waals surface area contributed by atoms with E-state index >= 15 is 0 Å². The highest BCUT2D eigenvalue weighted by Gasteiger charge is 2.46. The molecule has 0 unspecified atom stereocenters. The number of amides is 1. The quantitative estimate of drug-likeness (QED) is 0.686. The minimum atomic E-state index is -0.435. The third-order valence-corrected chi connectivity index (χ3v) is 6.60. The lowest BCUT2D eigenvalue weighted by atomic mass is 9.97. The van der Waals surface area contributed by atoms with E-state index in [1.807, 2.05) is 17.7 Å². The number of thiazole rings is 1. The Morgan fingerprint density at radius 3 is 3.10 bits per heavy atom. The van der Waals surface area contributed by atoms with Crippen LogP contribution in [0.3, 0.4) is 0 Å². The number of nitrogens with zero attached hydrogens (tertiary/aromatic N) is 4. The van der Waals surface area contributed by atoms with Crippen LogP contribution in [0.25, 0.3) is 0 Å². The Balaban J connectivity index is 1.25. The molecule has 2 atom stereocenters. The summed E-state index contributed by atoms with van der Waals surface area (Å²) in [6, 6.07) is 0. The van der Waals surface area contributed by atoms with Crippen LogP contribution < -0.4 is 5.32 Å². The van der Waals surface area contributed by atoms with Crippen molar-refractivity contribution in [2.75, 3.05) is 32.8 Å². The Bertz CT molecular complexity index is 824. The fourth-order valence-corrected chi connectivity index (χ4v) is 5.05. The second-order valence-corrected chi connectivity index (χ2v) is 9.22. The Morgan fingerprint density at radius 1 is 1.45 bits per heavy atom. The average Bonchev–Trinajstić information content (AvgIpc) is 3.41. The molecule has 2 aromatic heterocycles. The topological polar surface area (TPSA) is 81.5 Å².